The first-order valence-electron chi connectivity index (χ1n) is 14.6. The molecule has 0 aliphatic rings. The summed E-state index contributed by atoms with van der Waals surface area (Å²) in [5.41, 5.74) is 3.91. The lowest BCUT2D eigenvalue weighted by Gasteiger charge is -2.20. The fourth-order valence-electron chi connectivity index (χ4n) is 4.43. The van der Waals surface area contributed by atoms with E-state index < -0.39 is 12.0 Å². The van der Waals surface area contributed by atoms with Gasteiger partial charge in [-0.3, -0.25) is 20.3 Å². The molecule has 0 atom stereocenters. The van der Waals surface area contributed by atoms with Crippen LogP contribution in [0.3, 0.4) is 0 Å². The number of halogens is 1. The Bertz CT molecular complexity index is 1510. The maximum absolute atomic E-state index is 13.4. The molecular weight excluding hydrogens is 600 g/mol. The molecule has 45 heavy (non-hydrogen) atoms. The standard InChI is InChI=1S/C33H39ClN4O7/c1-5-43-30(40)14-12-26-23(15-21(19-39)16-29(26)45-20(3)4)18-36-28-13-9-24(34)17-27(28)32(41)37-25-10-7-22(8-11-25)31(35)38-33(42)44-6-2/h7-11,13,15-17,20,36,39H,5-6,12,14,18-19H2,1-4H3,(H,37,41)(H2,35,38,42). The Morgan fingerprint density at radius 2 is 1.69 bits per heavy atom. The van der Waals surface area contributed by atoms with Crippen molar-refractivity contribution in [3.63, 3.8) is 0 Å². The number of aliphatic hydroxyl groups excluding tert-OH is 1. The van der Waals surface area contributed by atoms with Gasteiger partial charge >= 0.3 is 12.1 Å². The van der Waals surface area contributed by atoms with Crippen molar-refractivity contribution in [1.29, 1.82) is 5.41 Å². The average Bonchev–Trinajstić information content (AvgIpc) is 2.99. The molecule has 0 fully saturated rings. The van der Waals surface area contributed by atoms with Crippen molar-refractivity contribution in [3.8, 4) is 5.75 Å². The van der Waals surface area contributed by atoms with Gasteiger partial charge in [0, 0.05) is 34.9 Å². The highest BCUT2D eigenvalue weighted by molar-refractivity contribution is 6.31. The summed E-state index contributed by atoms with van der Waals surface area (Å²) < 4.78 is 16.0. The van der Waals surface area contributed by atoms with Crippen molar-refractivity contribution in [1.82, 2.24) is 5.32 Å². The lowest BCUT2D eigenvalue weighted by atomic mass is 9.98. The molecule has 240 valence electrons. The SMILES string of the molecule is CCOC(=O)CCc1c(CNc2ccc(Cl)cc2C(=O)Nc2ccc(C(=N)NC(=O)OCC)cc2)cc(CO)cc1OC(C)C. The summed E-state index contributed by atoms with van der Waals surface area (Å²) in [5.74, 6) is -0.319. The number of amidine groups is 1. The summed E-state index contributed by atoms with van der Waals surface area (Å²) in [4.78, 5) is 37.2. The van der Waals surface area contributed by atoms with E-state index in [1.165, 1.54) is 0 Å². The van der Waals surface area contributed by atoms with Gasteiger partial charge in [-0.2, -0.15) is 0 Å². The maximum Gasteiger partial charge on any atom is 0.412 e. The fourth-order valence-corrected chi connectivity index (χ4v) is 4.60. The van der Waals surface area contributed by atoms with Crippen LogP contribution < -0.4 is 20.7 Å². The van der Waals surface area contributed by atoms with Gasteiger partial charge in [-0.1, -0.05) is 17.7 Å². The van der Waals surface area contributed by atoms with Crippen LogP contribution in [0, 0.1) is 5.41 Å². The van der Waals surface area contributed by atoms with Crippen LogP contribution in [0.25, 0.3) is 0 Å². The van der Waals surface area contributed by atoms with Crippen LogP contribution in [0.4, 0.5) is 16.2 Å². The van der Waals surface area contributed by atoms with Crippen molar-refractivity contribution >= 4 is 46.8 Å². The minimum Gasteiger partial charge on any atom is -0.491 e. The zero-order valence-electron chi connectivity index (χ0n) is 25.8. The van der Waals surface area contributed by atoms with Crippen molar-refractivity contribution < 1.29 is 33.7 Å². The molecule has 5 N–H and O–H groups in total. The lowest BCUT2D eigenvalue weighted by Crippen LogP contribution is -2.31. The highest BCUT2D eigenvalue weighted by atomic mass is 35.5. The van der Waals surface area contributed by atoms with E-state index >= 15 is 0 Å². The third-order valence-electron chi connectivity index (χ3n) is 6.42. The van der Waals surface area contributed by atoms with Crippen LogP contribution in [-0.4, -0.2) is 48.2 Å². The number of carbonyl (C=O) groups excluding carboxylic acids is 3. The van der Waals surface area contributed by atoms with Gasteiger partial charge < -0.3 is 30.0 Å². The van der Waals surface area contributed by atoms with Gasteiger partial charge in [0.05, 0.1) is 31.5 Å². The first kappa shape index (κ1) is 34.9. The molecule has 0 saturated carbocycles. The van der Waals surface area contributed by atoms with E-state index in [1.54, 1.807) is 62.4 Å². The molecule has 3 rings (SSSR count). The zero-order chi connectivity index (χ0) is 32.9. The van der Waals surface area contributed by atoms with Crippen molar-refractivity contribution in [2.75, 3.05) is 23.8 Å². The fraction of sp³-hybridized carbons (Fsp3) is 0.333. The summed E-state index contributed by atoms with van der Waals surface area (Å²) in [5, 5.41) is 26.8. The van der Waals surface area contributed by atoms with Gasteiger partial charge in [-0.15, -0.1) is 0 Å². The van der Waals surface area contributed by atoms with Gasteiger partial charge in [-0.05, 0) is 99.3 Å². The van der Waals surface area contributed by atoms with E-state index in [0.717, 1.165) is 11.1 Å². The Labute approximate surface area is 267 Å². The second kappa shape index (κ2) is 17.0. The lowest BCUT2D eigenvalue weighted by molar-refractivity contribution is -0.143. The largest absolute Gasteiger partial charge is 0.491 e. The van der Waals surface area contributed by atoms with Gasteiger partial charge in [0.2, 0.25) is 0 Å². The van der Waals surface area contributed by atoms with Crippen LogP contribution in [0.15, 0.2) is 54.6 Å². The third-order valence-corrected chi connectivity index (χ3v) is 6.66. The second-order valence-corrected chi connectivity index (χ2v) is 10.6. The van der Waals surface area contributed by atoms with Gasteiger partial charge in [-0.25, -0.2) is 4.79 Å². The number of nitrogens with one attached hydrogen (secondary N) is 4. The summed E-state index contributed by atoms with van der Waals surface area (Å²) >= 11 is 6.27. The van der Waals surface area contributed by atoms with E-state index in [9.17, 15) is 19.5 Å². The number of esters is 1. The molecule has 0 aliphatic carbocycles. The second-order valence-electron chi connectivity index (χ2n) is 10.2. The molecule has 0 spiro atoms. The van der Waals surface area contributed by atoms with Crippen molar-refractivity contribution in [3.05, 3.63) is 87.4 Å². The van der Waals surface area contributed by atoms with E-state index in [2.05, 4.69) is 16.0 Å². The molecule has 0 saturated heterocycles. The topological polar surface area (TPSA) is 159 Å². The van der Waals surface area contributed by atoms with Crippen LogP contribution in [0.2, 0.25) is 5.02 Å². The number of carbonyl (C=O) groups is 3. The van der Waals surface area contributed by atoms with Gasteiger partial charge in [0.1, 0.15) is 11.6 Å². The molecule has 0 aliphatic heterocycles. The number of hydrogen-bond donors (Lipinski definition) is 5. The monoisotopic (exact) mass is 638 g/mol. The predicted octanol–water partition coefficient (Wildman–Crippen LogP) is 6.05. The minimum absolute atomic E-state index is 0.138. The molecule has 3 aromatic rings. The Kier molecular flexibility index (Phi) is 13.2. The van der Waals surface area contributed by atoms with Gasteiger partial charge in [0.15, 0.2) is 0 Å². The Morgan fingerprint density at radius 1 is 0.978 bits per heavy atom. The van der Waals surface area contributed by atoms with E-state index in [4.69, 9.17) is 31.2 Å². The van der Waals surface area contributed by atoms with Crippen LogP contribution in [-0.2, 0) is 33.8 Å². The molecule has 0 unspecified atom stereocenters. The molecule has 2 amide bonds. The Hall–Kier alpha value is -4.61. The third kappa shape index (κ3) is 10.5. The Morgan fingerprint density at radius 3 is 2.33 bits per heavy atom. The first-order valence-corrected chi connectivity index (χ1v) is 15.0. The van der Waals surface area contributed by atoms with Crippen molar-refractivity contribution in [2.45, 2.75) is 59.8 Å². The molecular formula is C33H39ClN4O7. The number of alkyl carbamates (subject to hydrolysis) is 1. The number of hydrogen-bond acceptors (Lipinski definition) is 9. The Balaban J connectivity index is 1.83. The molecule has 3 aromatic carbocycles. The summed E-state index contributed by atoms with van der Waals surface area (Å²) in [6, 6.07) is 14.9. The van der Waals surface area contributed by atoms with Crippen LogP contribution in [0.5, 0.6) is 5.75 Å². The summed E-state index contributed by atoms with van der Waals surface area (Å²) in [7, 11) is 0. The van der Waals surface area contributed by atoms with Gasteiger partial charge in [0.25, 0.3) is 5.91 Å². The molecule has 0 aromatic heterocycles. The minimum atomic E-state index is -0.723. The number of aliphatic hydroxyl groups is 1. The number of amides is 2. The van der Waals surface area contributed by atoms with E-state index in [1.807, 2.05) is 19.9 Å². The normalized spacial score (nSPS) is 10.6. The molecule has 0 heterocycles. The predicted molar refractivity (Wildman–Crippen MR) is 173 cm³/mol. The highest BCUT2D eigenvalue weighted by Crippen LogP contribution is 2.30. The number of anilines is 2. The molecule has 0 radical (unpaired) electrons. The zero-order valence-corrected chi connectivity index (χ0v) is 26.5. The van der Waals surface area contributed by atoms with Crippen LogP contribution in [0.1, 0.15) is 66.7 Å². The summed E-state index contributed by atoms with van der Waals surface area (Å²) in [6.07, 6.45) is -0.347. The first-order chi connectivity index (χ1) is 21.5. The number of ether oxygens (including phenoxy) is 3. The average molecular weight is 639 g/mol. The maximum atomic E-state index is 13.4. The molecule has 0 bridgehead atoms. The smallest absolute Gasteiger partial charge is 0.412 e. The van der Waals surface area contributed by atoms with E-state index in [-0.39, 0.29) is 56.3 Å². The molecule has 11 nitrogen and oxygen atoms in total. The summed E-state index contributed by atoms with van der Waals surface area (Å²) in [6.45, 7) is 7.74. The number of benzene rings is 3. The molecule has 12 heteroatoms. The van der Waals surface area contributed by atoms with Crippen LogP contribution >= 0.6 is 11.6 Å². The quantitative estimate of drug-likeness (QED) is 0.0810. The van der Waals surface area contributed by atoms with Crippen molar-refractivity contribution in [2.24, 2.45) is 0 Å². The highest BCUT2D eigenvalue weighted by Gasteiger charge is 2.18. The number of rotatable bonds is 14. The van der Waals surface area contributed by atoms with E-state index in [0.29, 0.717) is 39.7 Å².